The summed E-state index contributed by atoms with van der Waals surface area (Å²) in [5.74, 6) is 1.01. The molecule has 4 rings (SSSR count). The largest absolute Gasteiger partial charge is 0.369 e. The molecular formula is C23H22ClN5. The van der Waals surface area contributed by atoms with Gasteiger partial charge in [0, 0.05) is 47.1 Å². The van der Waals surface area contributed by atoms with E-state index in [4.69, 9.17) is 16.6 Å². The second-order valence-corrected chi connectivity index (χ2v) is 7.65. The molecule has 3 aromatic heterocycles. The molecule has 146 valence electrons. The third kappa shape index (κ3) is 4.20. The number of hydrogen-bond acceptors (Lipinski definition) is 5. The van der Waals surface area contributed by atoms with Crippen LogP contribution >= 0.6 is 11.6 Å². The Morgan fingerprint density at radius 2 is 1.86 bits per heavy atom. The molecule has 0 saturated heterocycles. The Kier molecular flexibility index (Phi) is 5.41. The van der Waals surface area contributed by atoms with Crippen LogP contribution in [0, 0.1) is 13.8 Å². The van der Waals surface area contributed by atoms with Gasteiger partial charge in [0.1, 0.15) is 12.1 Å². The van der Waals surface area contributed by atoms with Crippen LogP contribution in [0.5, 0.6) is 0 Å². The van der Waals surface area contributed by atoms with Crippen molar-refractivity contribution in [3.63, 3.8) is 0 Å². The number of rotatable bonds is 5. The Hall–Kier alpha value is -3.05. The molecule has 0 amide bonds. The van der Waals surface area contributed by atoms with Crippen molar-refractivity contribution in [1.82, 2.24) is 19.9 Å². The highest BCUT2D eigenvalue weighted by molar-refractivity contribution is 6.35. The molecule has 29 heavy (non-hydrogen) atoms. The van der Waals surface area contributed by atoms with Crippen LogP contribution in [0.3, 0.4) is 0 Å². The van der Waals surface area contributed by atoms with Gasteiger partial charge in [0.05, 0.1) is 16.2 Å². The Bertz CT molecular complexity index is 1160. The highest BCUT2D eigenvalue weighted by atomic mass is 35.5. The van der Waals surface area contributed by atoms with Crippen LogP contribution in [0.4, 0.5) is 5.82 Å². The van der Waals surface area contributed by atoms with Gasteiger partial charge in [-0.1, -0.05) is 36.7 Å². The summed E-state index contributed by atoms with van der Waals surface area (Å²) < 4.78 is 0. The number of benzene rings is 1. The zero-order chi connectivity index (χ0) is 20.4. The smallest absolute Gasteiger partial charge is 0.129 e. The van der Waals surface area contributed by atoms with Crippen LogP contribution in [-0.4, -0.2) is 26.5 Å². The lowest BCUT2D eigenvalue weighted by Gasteiger charge is -2.16. The maximum Gasteiger partial charge on any atom is 0.129 e. The minimum atomic E-state index is 0.225. The number of nitrogens with zero attached hydrogens (tertiary/aromatic N) is 4. The van der Waals surface area contributed by atoms with Crippen molar-refractivity contribution in [3.05, 3.63) is 77.0 Å². The first kappa shape index (κ1) is 19.3. The van der Waals surface area contributed by atoms with Gasteiger partial charge in [0.15, 0.2) is 0 Å². The van der Waals surface area contributed by atoms with Gasteiger partial charge in [0.2, 0.25) is 0 Å². The summed E-state index contributed by atoms with van der Waals surface area (Å²) >= 11 is 6.42. The number of nitrogens with one attached hydrogen (secondary N) is 1. The maximum atomic E-state index is 6.42. The van der Waals surface area contributed by atoms with E-state index in [1.807, 2.05) is 56.4 Å². The summed E-state index contributed by atoms with van der Waals surface area (Å²) in [5.41, 5.74) is 5.84. The first-order valence-corrected chi connectivity index (χ1v) is 9.94. The van der Waals surface area contributed by atoms with E-state index >= 15 is 0 Å². The van der Waals surface area contributed by atoms with E-state index in [1.165, 1.54) is 0 Å². The fourth-order valence-electron chi connectivity index (χ4n) is 3.35. The van der Waals surface area contributed by atoms with E-state index in [-0.39, 0.29) is 5.92 Å². The van der Waals surface area contributed by atoms with Crippen molar-refractivity contribution in [2.24, 2.45) is 0 Å². The van der Waals surface area contributed by atoms with Crippen molar-refractivity contribution in [2.45, 2.75) is 26.7 Å². The first-order chi connectivity index (χ1) is 14.0. The van der Waals surface area contributed by atoms with Crippen LogP contribution in [0.15, 0.2) is 55.0 Å². The monoisotopic (exact) mass is 403 g/mol. The number of fused-ring (bicyclic) bond motifs is 1. The van der Waals surface area contributed by atoms with Crippen molar-refractivity contribution in [3.8, 4) is 11.3 Å². The van der Waals surface area contributed by atoms with Crippen LogP contribution in [0.1, 0.15) is 29.8 Å². The molecule has 0 saturated carbocycles. The SMILES string of the molecule is Cc1ccc(-c2cc(NCC(C)c3cccc4c(Cl)cc(C)nc34)ncn2)cn1. The van der Waals surface area contributed by atoms with Crippen LogP contribution in [0.2, 0.25) is 5.02 Å². The Morgan fingerprint density at radius 1 is 1.00 bits per heavy atom. The third-order valence-corrected chi connectivity index (χ3v) is 5.26. The molecule has 6 heteroatoms. The molecule has 5 nitrogen and oxygen atoms in total. The third-order valence-electron chi connectivity index (χ3n) is 4.94. The lowest BCUT2D eigenvalue weighted by Crippen LogP contribution is -2.12. The lowest BCUT2D eigenvalue weighted by molar-refractivity contribution is 0.805. The summed E-state index contributed by atoms with van der Waals surface area (Å²) in [6.07, 6.45) is 3.41. The van der Waals surface area contributed by atoms with Gasteiger partial charge in [-0.2, -0.15) is 0 Å². The molecule has 1 N–H and O–H groups in total. The van der Waals surface area contributed by atoms with Gasteiger partial charge >= 0.3 is 0 Å². The van der Waals surface area contributed by atoms with E-state index in [2.05, 4.69) is 33.3 Å². The highest BCUT2D eigenvalue weighted by Gasteiger charge is 2.13. The molecule has 4 aromatic rings. The quantitative estimate of drug-likeness (QED) is 0.471. The van der Waals surface area contributed by atoms with Crippen molar-refractivity contribution < 1.29 is 0 Å². The molecule has 0 aliphatic rings. The molecule has 0 fully saturated rings. The van der Waals surface area contributed by atoms with Gasteiger partial charge < -0.3 is 5.32 Å². The highest BCUT2D eigenvalue weighted by Crippen LogP contribution is 2.29. The lowest BCUT2D eigenvalue weighted by atomic mass is 9.97. The van der Waals surface area contributed by atoms with Gasteiger partial charge in [-0.25, -0.2) is 9.97 Å². The molecule has 1 aromatic carbocycles. The number of hydrogen-bond donors (Lipinski definition) is 1. The summed E-state index contributed by atoms with van der Waals surface area (Å²) in [6.45, 7) is 6.82. The second kappa shape index (κ2) is 8.13. The average molecular weight is 404 g/mol. The summed E-state index contributed by atoms with van der Waals surface area (Å²) in [7, 11) is 0. The Balaban J connectivity index is 1.55. The number of aromatic nitrogens is 4. The number of anilines is 1. The minimum Gasteiger partial charge on any atom is -0.369 e. The topological polar surface area (TPSA) is 63.6 Å². The van der Waals surface area contributed by atoms with Crippen LogP contribution in [-0.2, 0) is 0 Å². The van der Waals surface area contributed by atoms with Gasteiger partial charge in [-0.05, 0) is 37.6 Å². The van der Waals surface area contributed by atoms with Crippen LogP contribution in [0.25, 0.3) is 22.2 Å². The summed E-state index contributed by atoms with van der Waals surface area (Å²) in [5, 5.41) is 5.15. The average Bonchev–Trinajstić information content (AvgIpc) is 2.72. The summed E-state index contributed by atoms with van der Waals surface area (Å²) in [6, 6.07) is 14.0. The minimum absolute atomic E-state index is 0.225. The fraction of sp³-hybridized carbons (Fsp3) is 0.217. The van der Waals surface area contributed by atoms with Crippen molar-refractivity contribution in [2.75, 3.05) is 11.9 Å². The zero-order valence-electron chi connectivity index (χ0n) is 16.6. The maximum absolute atomic E-state index is 6.42. The standard InChI is InChI=1S/C23H22ClN5/c1-14(18-5-4-6-19-20(24)9-16(3)29-23(18)19)11-26-22-10-21(27-13-28-22)17-8-7-15(2)25-12-17/h4-10,12-14H,11H2,1-3H3,(H,26,27,28). The molecule has 0 bridgehead atoms. The van der Waals surface area contributed by atoms with Crippen LogP contribution < -0.4 is 5.32 Å². The van der Waals surface area contributed by atoms with E-state index in [9.17, 15) is 0 Å². The zero-order valence-corrected chi connectivity index (χ0v) is 17.4. The summed E-state index contributed by atoms with van der Waals surface area (Å²) in [4.78, 5) is 17.8. The number of pyridine rings is 2. The molecule has 0 spiro atoms. The van der Waals surface area contributed by atoms with Gasteiger partial charge in [-0.3, -0.25) is 9.97 Å². The fourth-order valence-corrected chi connectivity index (χ4v) is 3.66. The van der Waals surface area contributed by atoms with Crippen molar-refractivity contribution in [1.29, 1.82) is 0 Å². The first-order valence-electron chi connectivity index (χ1n) is 9.56. The normalized spacial score (nSPS) is 12.1. The van der Waals surface area contributed by atoms with E-state index in [0.717, 1.165) is 56.5 Å². The second-order valence-electron chi connectivity index (χ2n) is 7.25. The Morgan fingerprint density at radius 3 is 2.66 bits per heavy atom. The Labute approximate surface area is 175 Å². The van der Waals surface area contributed by atoms with Crippen molar-refractivity contribution >= 4 is 28.3 Å². The van der Waals surface area contributed by atoms with Gasteiger partial charge in [0.25, 0.3) is 0 Å². The molecule has 1 unspecified atom stereocenters. The van der Waals surface area contributed by atoms with E-state index in [1.54, 1.807) is 6.33 Å². The van der Waals surface area contributed by atoms with Gasteiger partial charge in [-0.15, -0.1) is 0 Å². The number of aryl methyl sites for hydroxylation is 2. The predicted molar refractivity (Wildman–Crippen MR) is 118 cm³/mol. The van der Waals surface area contributed by atoms with E-state index in [0.29, 0.717) is 0 Å². The molecule has 0 aliphatic heterocycles. The number of halogens is 1. The molecular weight excluding hydrogens is 382 g/mol. The molecule has 3 heterocycles. The molecule has 0 aliphatic carbocycles. The predicted octanol–water partition coefficient (Wildman–Crippen LogP) is 5.57. The molecule has 0 radical (unpaired) electrons. The van der Waals surface area contributed by atoms with E-state index < -0.39 is 0 Å². The number of para-hydroxylation sites is 1. The molecule has 1 atom stereocenters.